The van der Waals surface area contributed by atoms with Crippen LogP contribution in [0, 0.1) is 34.8 Å². The number of nitrogens with zero attached hydrogens (tertiary/aromatic N) is 5. The van der Waals surface area contributed by atoms with Gasteiger partial charge in [0.05, 0.1) is 18.2 Å². The molecule has 43 heavy (non-hydrogen) atoms. The molecule has 0 saturated carbocycles. The number of benzene rings is 3. The molecule has 0 bridgehead atoms. The average Bonchev–Trinajstić information content (AvgIpc) is 3.49. The van der Waals surface area contributed by atoms with E-state index in [0.717, 1.165) is 22.9 Å². The number of nitriles is 1. The van der Waals surface area contributed by atoms with Crippen molar-refractivity contribution < 1.29 is 27.4 Å². The lowest BCUT2D eigenvalue weighted by Gasteiger charge is -2.42. The van der Waals surface area contributed by atoms with Crippen molar-refractivity contribution in [1.82, 2.24) is 25.5 Å². The maximum Gasteiger partial charge on any atom is 0.305 e. The predicted octanol–water partition coefficient (Wildman–Crippen LogP) is 4.37. The summed E-state index contributed by atoms with van der Waals surface area (Å²) in [4.78, 5) is 0. The van der Waals surface area contributed by atoms with Crippen LogP contribution in [0.25, 0.3) is 11.4 Å². The lowest BCUT2D eigenvalue weighted by molar-refractivity contribution is -0.205. The highest BCUT2D eigenvalue weighted by Gasteiger charge is 2.61. The van der Waals surface area contributed by atoms with Gasteiger partial charge in [-0.15, -0.1) is 5.10 Å². The number of nitrogens with one attached hydrogen (secondary N) is 1. The zero-order valence-corrected chi connectivity index (χ0v) is 22.1. The van der Waals surface area contributed by atoms with Crippen LogP contribution >= 0.6 is 0 Å². The summed E-state index contributed by atoms with van der Waals surface area (Å²) >= 11 is 0. The summed E-state index contributed by atoms with van der Waals surface area (Å²) in [6, 6.07) is 14.2. The fourth-order valence-corrected chi connectivity index (χ4v) is 4.89. The van der Waals surface area contributed by atoms with E-state index < -0.39 is 35.7 Å². The van der Waals surface area contributed by atoms with Crippen molar-refractivity contribution in [3.63, 3.8) is 0 Å². The number of hydrogen-bond acceptors (Lipinski definition) is 7. The molecule has 4 aromatic rings. The van der Waals surface area contributed by atoms with E-state index in [0.29, 0.717) is 22.4 Å². The van der Waals surface area contributed by atoms with Crippen LogP contribution in [0.15, 0.2) is 84.6 Å². The van der Waals surface area contributed by atoms with E-state index in [1.165, 1.54) is 36.6 Å². The smallest absolute Gasteiger partial charge is 0.305 e. The summed E-state index contributed by atoms with van der Waals surface area (Å²) in [5, 5.41) is 33.9. The SMILES string of the molecule is N#Cc1ccc(F)c(COc2ccc(C#CC3=CNC(C(F)(F)C4(O)Cn5nnnc5-c5cc(F)ccc54)C=C3)cc2)c1. The summed E-state index contributed by atoms with van der Waals surface area (Å²) in [6.07, 6.45) is 3.95. The van der Waals surface area contributed by atoms with Gasteiger partial charge in [-0.25, -0.2) is 22.2 Å². The van der Waals surface area contributed by atoms with Crippen LogP contribution in [0.1, 0.15) is 22.3 Å². The molecule has 214 valence electrons. The monoisotopic (exact) mass is 584 g/mol. The van der Waals surface area contributed by atoms with E-state index in [2.05, 4.69) is 32.7 Å². The quantitative estimate of drug-likeness (QED) is 0.265. The van der Waals surface area contributed by atoms with Crippen LogP contribution in [-0.2, 0) is 18.8 Å². The van der Waals surface area contributed by atoms with Crippen molar-refractivity contribution in [2.75, 3.05) is 0 Å². The Labute approximate surface area is 242 Å². The summed E-state index contributed by atoms with van der Waals surface area (Å²) < 4.78 is 66.5. The van der Waals surface area contributed by atoms with Crippen molar-refractivity contribution in [2.45, 2.75) is 30.7 Å². The Hall–Kier alpha value is -5.46. The maximum absolute atomic E-state index is 16.0. The normalized spacial score (nSPS) is 18.7. The highest BCUT2D eigenvalue weighted by molar-refractivity contribution is 5.64. The Kier molecular flexibility index (Phi) is 6.92. The van der Waals surface area contributed by atoms with Crippen molar-refractivity contribution >= 4 is 0 Å². The van der Waals surface area contributed by atoms with Crippen molar-refractivity contribution in [3.05, 3.63) is 118 Å². The summed E-state index contributed by atoms with van der Waals surface area (Å²) in [5.74, 6) is 1.44. The first-order chi connectivity index (χ1) is 20.7. The third kappa shape index (κ3) is 5.09. The average molecular weight is 585 g/mol. The molecule has 2 aliphatic rings. The number of aromatic nitrogens is 4. The molecule has 2 unspecified atom stereocenters. The fourth-order valence-electron chi connectivity index (χ4n) is 4.89. The fraction of sp³-hybridized carbons (Fsp3) is 0.161. The van der Waals surface area contributed by atoms with Crippen LogP contribution in [0.5, 0.6) is 5.75 Å². The second-order valence-electron chi connectivity index (χ2n) is 9.92. The van der Waals surface area contributed by atoms with Gasteiger partial charge in [0, 0.05) is 34.0 Å². The van der Waals surface area contributed by atoms with E-state index in [9.17, 15) is 13.9 Å². The van der Waals surface area contributed by atoms with Crippen LogP contribution < -0.4 is 10.1 Å². The Morgan fingerprint density at radius 1 is 1.07 bits per heavy atom. The molecule has 1 aromatic heterocycles. The standard InChI is InChI=1S/C31H20F4N6O2/c32-23-7-10-26-25(14-23)29-38-39-40-41(29)18-30(26,42)31(34,35)28-12-6-20(16-37-28)2-1-19-3-8-24(9-4-19)43-17-22-13-21(15-36)5-11-27(22)33/h3-14,16,28,37,42H,17-18H2. The number of alkyl halides is 2. The number of ether oxygens (including phenoxy) is 1. The summed E-state index contributed by atoms with van der Waals surface area (Å²) in [7, 11) is 0. The van der Waals surface area contributed by atoms with E-state index in [-0.39, 0.29) is 29.1 Å². The zero-order chi connectivity index (χ0) is 30.2. The van der Waals surface area contributed by atoms with Gasteiger partial charge in [-0.1, -0.05) is 24.0 Å². The third-order valence-electron chi connectivity index (χ3n) is 7.18. The van der Waals surface area contributed by atoms with Crippen molar-refractivity contribution in [2.24, 2.45) is 0 Å². The van der Waals surface area contributed by atoms with Gasteiger partial charge in [0.15, 0.2) is 11.4 Å². The van der Waals surface area contributed by atoms with E-state index in [1.807, 2.05) is 6.07 Å². The zero-order valence-electron chi connectivity index (χ0n) is 22.1. The molecule has 0 radical (unpaired) electrons. The summed E-state index contributed by atoms with van der Waals surface area (Å²) in [6.45, 7) is -0.694. The minimum Gasteiger partial charge on any atom is -0.489 e. The van der Waals surface area contributed by atoms with Crippen molar-refractivity contribution in [3.8, 4) is 35.0 Å². The van der Waals surface area contributed by atoms with Crippen molar-refractivity contribution in [1.29, 1.82) is 5.26 Å². The molecular formula is C31H20F4N6O2. The number of dihydropyridines is 1. The molecule has 8 nitrogen and oxygen atoms in total. The first kappa shape index (κ1) is 27.7. The topological polar surface area (TPSA) is 109 Å². The van der Waals surface area contributed by atoms with Crippen LogP contribution in [0.3, 0.4) is 0 Å². The molecule has 0 saturated heterocycles. The number of fused-ring (bicyclic) bond motifs is 3. The molecule has 0 aliphatic carbocycles. The molecule has 2 atom stereocenters. The number of hydrogen-bond donors (Lipinski definition) is 2. The lowest BCUT2D eigenvalue weighted by atomic mass is 9.78. The Morgan fingerprint density at radius 3 is 2.60 bits per heavy atom. The van der Waals surface area contributed by atoms with Gasteiger partial charge >= 0.3 is 5.92 Å². The summed E-state index contributed by atoms with van der Waals surface area (Å²) in [5.41, 5.74) is -1.33. The molecule has 0 spiro atoms. The van der Waals surface area contributed by atoms with E-state index in [4.69, 9.17) is 10.00 Å². The largest absolute Gasteiger partial charge is 0.489 e. The maximum atomic E-state index is 16.0. The Bertz CT molecular complexity index is 1880. The minimum absolute atomic E-state index is 0.0166. The number of rotatable bonds is 5. The molecule has 3 aromatic carbocycles. The number of aliphatic hydroxyl groups is 1. The second-order valence-corrected chi connectivity index (χ2v) is 9.92. The molecule has 0 amide bonds. The highest BCUT2D eigenvalue weighted by atomic mass is 19.3. The number of tetrazole rings is 1. The molecule has 3 heterocycles. The van der Waals surface area contributed by atoms with Gasteiger partial charge in [-0.3, -0.25) is 0 Å². The van der Waals surface area contributed by atoms with Crippen LogP contribution in [0.4, 0.5) is 17.6 Å². The predicted molar refractivity (Wildman–Crippen MR) is 145 cm³/mol. The first-order valence-corrected chi connectivity index (χ1v) is 12.9. The van der Waals surface area contributed by atoms with Gasteiger partial charge < -0.3 is 15.2 Å². The second kappa shape index (κ2) is 10.7. The number of allylic oxidation sites excluding steroid dienone is 2. The molecule has 0 fully saturated rings. The Morgan fingerprint density at radius 2 is 1.86 bits per heavy atom. The van der Waals surface area contributed by atoms with E-state index in [1.54, 1.807) is 24.3 Å². The van der Waals surface area contributed by atoms with Gasteiger partial charge in [0.1, 0.15) is 30.0 Å². The molecule has 2 N–H and O–H groups in total. The van der Waals surface area contributed by atoms with Crippen LogP contribution in [-0.4, -0.2) is 37.3 Å². The first-order valence-electron chi connectivity index (χ1n) is 12.9. The third-order valence-corrected chi connectivity index (χ3v) is 7.18. The van der Waals surface area contributed by atoms with Gasteiger partial charge in [0.2, 0.25) is 0 Å². The van der Waals surface area contributed by atoms with Gasteiger partial charge in [-0.2, -0.15) is 5.26 Å². The van der Waals surface area contributed by atoms with Crippen LogP contribution in [0.2, 0.25) is 0 Å². The lowest BCUT2D eigenvalue weighted by Crippen LogP contribution is -2.59. The molecular weight excluding hydrogens is 564 g/mol. The molecule has 6 rings (SSSR count). The molecule has 12 heteroatoms. The minimum atomic E-state index is -3.77. The Balaban J connectivity index is 1.13. The molecule has 2 aliphatic heterocycles. The number of halogens is 4. The van der Waals surface area contributed by atoms with Gasteiger partial charge in [0.25, 0.3) is 0 Å². The highest BCUT2D eigenvalue weighted by Crippen LogP contribution is 2.48. The van der Waals surface area contributed by atoms with Gasteiger partial charge in [-0.05, 0) is 71.1 Å². The van der Waals surface area contributed by atoms with E-state index >= 15 is 8.78 Å².